The standard InChI is InChI=1S/C27H29N5O3/c1-19(2)32(21-13-14-26(35-3)28-16-21)27(34)23(15-20-9-5-4-6-10-20)30-25(33)17-31-18-29-22-11-7-8-12-24(22)31/h4-14,16,18-19,23H,15,17H2,1-3H3,(H,30,33)/t23-/m0/s1. The van der Waals surface area contributed by atoms with Crippen LogP contribution in [0.2, 0.25) is 0 Å². The van der Waals surface area contributed by atoms with Crippen LogP contribution in [0.3, 0.4) is 0 Å². The molecular weight excluding hydrogens is 442 g/mol. The fourth-order valence-electron chi connectivity index (χ4n) is 4.06. The first-order valence-corrected chi connectivity index (χ1v) is 11.5. The van der Waals surface area contributed by atoms with Gasteiger partial charge in [0.15, 0.2) is 0 Å². The second-order valence-corrected chi connectivity index (χ2v) is 8.53. The van der Waals surface area contributed by atoms with Gasteiger partial charge in [-0.3, -0.25) is 9.59 Å². The van der Waals surface area contributed by atoms with Crippen molar-refractivity contribution in [1.29, 1.82) is 0 Å². The highest BCUT2D eigenvalue weighted by Crippen LogP contribution is 2.21. The third kappa shape index (κ3) is 5.66. The van der Waals surface area contributed by atoms with Crippen molar-refractivity contribution in [2.24, 2.45) is 0 Å². The number of carbonyl (C=O) groups excluding carboxylic acids is 2. The zero-order chi connectivity index (χ0) is 24.8. The minimum Gasteiger partial charge on any atom is -0.481 e. The van der Waals surface area contributed by atoms with E-state index in [1.54, 1.807) is 41.2 Å². The fraction of sp³-hybridized carbons (Fsp3) is 0.259. The topological polar surface area (TPSA) is 89.4 Å². The summed E-state index contributed by atoms with van der Waals surface area (Å²) >= 11 is 0. The molecule has 0 fully saturated rings. The molecule has 0 aliphatic heterocycles. The maximum atomic E-state index is 13.8. The lowest BCUT2D eigenvalue weighted by Crippen LogP contribution is -2.52. The highest BCUT2D eigenvalue weighted by atomic mass is 16.5. The number of benzene rings is 2. The quantitative estimate of drug-likeness (QED) is 0.403. The van der Waals surface area contributed by atoms with Crippen LogP contribution >= 0.6 is 0 Å². The number of amides is 2. The van der Waals surface area contributed by atoms with Gasteiger partial charge in [-0.2, -0.15) is 0 Å². The van der Waals surface area contributed by atoms with Crippen molar-refractivity contribution in [1.82, 2.24) is 19.9 Å². The Labute approximate surface area is 204 Å². The summed E-state index contributed by atoms with van der Waals surface area (Å²) in [6.07, 6.45) is 3.61. The van der Waals surface area contributed by atoms with E-state index < -0.39 is 6.04 Å². The molecule has 180 valence electrons. The Hall–Kier alpha value is -4.20. The molecule has 2 aromatic heterocycles. The van der Waals surface area contributed by atoms with Crippen molar-refractivity contribution in [2.45, 2.75) is 38.9 Å². The van der Waals surface area contributed by atoms with Crippen LogP contribution in [-0.2, 0) is 22.6 Å². The van der Waals surface area contributed by atoms with E-state index >= 15 is 0 Å². The number of nitrogens with zero attached hydrogens (tertiary/aromatic N) is 4. The highest BCUT2D eigenvalue weighted by molar-refractivity contribution is 5.99. The van der Waals surface area contributed by atoms with Crippen molar-refractivity contribution in [2.75, 3.05) is 12.0 Å². The summed E-state index contributed by atoms with van der Waals surface area (Å²) in [5, 5.41) is 2.97. The SMILES string of the molecule is COc1ccc(N(C(=O)[C@H](Cc2ccccc2)NC(=O)Cn2cnc3ccccc32)C(C)C)cn1. The number of nitrogens with one attached hydrogen (secondary N) is 1. The van der Waals surface area contributed by atoms with Gasteiger partial charge >= 0.3 is 0 Å². The van der Waals surface area contributed by atoms with Crippen LogP contribution in [0, 0.1) is 0 Å². The number of methoxy groups -OCH3 is 1. The number of pyridine rings is 1. The van der Waals surface area contributed by atoms with Crippen LogP contribution in [-0.4, -0.2) is 45.5 Å². The number of para-hydroxylation sites is 2. The summed E-state index contributed by atoms with van der Waals surface area (Å²) in [7, 11) is 1.54. The zero-order valence-electron chi connectivity index (χ0n) is 20.1. The van der Waals surface area contributed by atoms with Crippen LogP contribution in [0.25, 0.3) is 11.0 Å². The Morgan fingerprint density at radius 1 is 1.00 bits per heavy atom. The first-order chi connectivity index (χ1) is 17.0. The van der Waals surface area contributed by atoms with Crippen molar-refractivity contribution in [3.05, 3.63) is 84.8 Å². The van der Waals surface area contributed by atoms with Crippen molar-refractivity contribution < 1.29 is 14.3 Å². The second-order valence-electron chi connectivity index (χ2n) is 8.53. The summed E-state index contributed by atoms with van der Waals surface area (Å²) in [5.41, 5.74) is 3.27. The number of fused-ring (bicyclic) bond motifs is 1. The van der Waals surface area contributed by atoms with Gasteiger partial charge in [0, 0.05) is 18.5 Å². The second kappa shape index (κ2) is 10.8. The molecule has 1 atom stereocenters. The third-order valence-corrected chi connectivity index (χ3v) is 5.72. The van der Waals surface area contributed by atoms with Crippen molar-refractivity contribution in [3.63, 3.8) is 0 Å². The van der Waals surface area contributed by atoms with Crippen LogP contribution in [0.4, 0.5) is 5.69 Å². The molecule has 2 amide bonds. The smallest absolute Gasteiger partial charge is 0.250 e. The number of ether oxygens (including phenoxy) is 1. The van der Waals surface area contributed by atoms with Gasteiger partial charge in [-0.1, -0.05) is 42.5 Å². The van der Waals surface area contributed by atoms with Crippen molar-refractivity contribution >= 4 is 28.5 Å². The average molecular weight is 472 g/mol. The molecule has 0 spiro atoms. The molecule has 8 heteroatoms. The Kier molecular flexibility index (Phi) is 7.40. The number of aromatic nitrogens is 3. The molecule has 35 heavy (non-hydrogen) atoms. The predicted molar refractivity (Wildman–Crippen MR) is 135 cm³/mol. The van der Waals surface area contributed by atoms with Gasteiger partial charge in [0.05, 0.1) is 36.4 Å². The molecule has 2 aromatic carbocycles. The van der Waals surface area contributed by atoms with Gasteiger partial charge in [0.25, 0.3) is 0 Å². The lowest BCUT2D eigenvalue weighted by Gasteiger charge is -2.31. The first-order valence-electron chi connectivity index (χ1n) is 11.5. The fourth-order valence-corrected chi connectivity index (χ4v) is 4.06. The van der Waals surface area contributed by atoms with Gasteiger partial charge in [-0.15, -0.1) is 0 Å². The van der Waals surface area contributed by atoms with Crippen LogP contribution in [0.1, 0.15) is 19.4 Å². The van der Waals surface area contributed by atoms with Crippen LogP contribution in [0.5, 0.6) is 5.88 Å². The Balaban J connectivity index is 1.59. The molecule has 0 radical (unpaired) electrons. The average Bonchev–Trinajstić information content (AvgIpc) is 3.27. The maximum Gasteiger partial charge on any atom is 0.250 e. The van der Waals surface area contributed by atoms with E-state index in [4.69, 9.17) is 4.74 Å². The van der Waals surface area contributed by atoms with Gasteiger partial charge in [-0.25, -0.2) is 9.97 Å². The van der Waals surface area contributed by atoms with E-state index in [1.165, 1.54) is 0 Å². The minimum absolute atomic E-state index is 0.0604. The number of anilines is 1. The molecule has 2 heterocycles. The van der Waals surface area contributed by atoms with Crippen LogP contribution < -0.4 is 15.0 Å². The van der Waals surface area contributed by atoms with Crippen molar-refractivity contribution in [3.8, 4) is 5.88 Å². The molecule has 1 N–H and O–H groups in total. The number of carbonyl (C=O) groups is 2. The molecule has 0 aliphatic rings. The lowest BCUT2D eigenvalue weighted by molar-refractivity contribution is -0.128. The highest BCUT2D eigenvalue weighted by Gasteiger charge is 2.29. The molecule has 8 nitrogen and oxygen atoms in total. The molecule has 0 aliphatic carbocycles. The summed E-state index contributed by atoms with van der Waals surface area (Å²) in [5.74, 6) is -0.00902. The maximum absolute atomic E-state index is 13.8. The molecule has 0 saturated carbocycles. The molecule has 0 bridgehead atoms. The Bertz CT molecular complexity index is 1290. The van der Waals surface area contributed by atoms with Crippen LogP contribution in [0.15, 0.2) is 79.3 Å². The normalized spacial score (nSPS) is 11.9. The summed E-state index contributed by atoms with van der Waals surface area (Å²) < 4.78 is 6.93. The summed E-state index contributed by atoms with van der Waals surface area (Å²) in [6.45, 7) is 3.92. The minimum atomic E-state index is -0.760. The van der Waals surface area contributed by atoms with E-state index in [1.807, 2.05) is 68.4 Å². The van der Waals surface area contributed by atoms with Gasteiger partial charge in [0.1, 0.15) is 12.6 Å². The van der Waals surface area contributed by atoms with E-state index in [2.05, 4.69) is 15.3 Å². The summed E-state index contributed by atoms with van der Waals surface area (Å²) in [6, 6.07) is 19.9. The largest absolute Gasteiger partial charge is 0.481 e. The molecule has 0 unspecified atom stereocenters. The number of rotatable bonds is 9. The molecule has 0 saturated heterocycles. The Morgan fingerprint density at radius 3 is 2.43 bits per heavy atom. The first kappa shape index (κ1) is 23.9. The third-order valence-electron chi connectivity index (χ3n) is 5.72. The van der Waals surface area contributed by atoms with Gasteiger partial charge in [0.2, 0.25) is 17.7 Å². The monoisotopic (exact) mass is 471 g/mol. The zero-order valence-corrected chi connectivity index (χ0v) is 20.1. The Morgan fingerprint density at radius 2 is 1.74 bits per heavy atom. The van der Waals surface area contributed by atoms with E-state index in [-0.39, 0.29) is 24.4 Å². The summed E-state index contributed by atoms with van der Waals surface area (Å²) in [4.78, 5) is 37.2. The number of imidazole rings is 1. The molecule has 4 rings (SSSR count). The van der Waals surface area contributed by atoms with E-state index in [9.17, 15) is 9.59 Å². The van der Waals surface area contributed by atoms with Gasteiger partial charge in [-0.05, 0) is 37.6 Å². The lowest BCUT2D eigenvalue weighted by atomic mass is 10.0. The van der Waals surface area contributed by atoms with Gasteiger partial charge < -0.3 is 19.5 Å². The van der Waals surface area contributed by atoms with E-state index in [0.717, 1.165) is 16.6 Å². The predicted octanol–water partition coefficient (Wildman–Crippen LogP) is 3.61. The number of hydrogen-bond acceptors (Lipinski definition) is 5. The number of hydrogen-bond donors (Lipinski definition) is 1. The molecule has 4 aromatic rings. The van der Waals surface area contributed by atoms with E-state index in [0.29, 0.717) is 18.0 Å². The molecular formula is C27H29N5O3.